The molecule has 2 N–H and O–H groups in total. The topological polar surface area (TPSA) is 60.3 Å². The smallest absolute Gasteiger partial charge is 0.194 e. The third-order valence-electron chi connectivity index (χ3n) is 5.53. The van der Waals surface area contributed by atoms with Gasteiger partial charge in [0, 0.05) is 26.2 Å². The molecular formula is C21H35IN4O2. The molecule has 28 heavy (non-hydrogen) atoms. The van der Waals surface area contributed by atoms with Gasteiger partial charge in [-0.3, -0.25) is 4.99 Å². The number of aliphatic hydroxyl groups excluding tert-OH is 1. The van der Waals surface area contributed by atoms with Crippen LogP contribution in [0.1, 0.15) is 37.9 Å². The zero-order valence-electron chi connectivity index (χ0n) is 17.1. The van der Waals surface area contributed by atoms with E-state index in [1.54, 1.807) is 7.11 Å². The lowest BCUT2D eigenvalue weighted by atomic mass is 10.1. The number of likely N-dealkylation sites (tertiary alicyclic amines) is 2. The molecule has 2 unspecified atom stereocenters. The average molecular weight is 502 g/mol. The van der Waals surface area contributed by atoms with Crippen LogP contribution in [-0.2, 0) is 0 Å². The summed E-state index contributed by atoms with van der Waals surface area (Å²) in [5.41, 5.74) is 0.835. The lowest BCUT2D eigenvalue weighted by molar-refractivity contribution is 0.186. The van der Waals surface area contributed by atoms with Crippen molar-refractivity contribution in [2.24, 2.45) is 10.9 Å². The summed E-state index contributed by atoms with van der Waals surface area (Å²) in [7, 11) is 1.64. The number of halogens is 1. The van der Waals surface area contributed by atoms with Crippen molar-refractivity contribution in [3.05, 3.63) is 29.8 Å². The number of benzene rings is 1. The van der Waals surface area contributed by atoms with Gasteiger partial charge in [0.1, 0.15) is 5.75 Å². The number of aliphatic imine (C=N–C) groups is 1. The van der Waals surface area contributed by atoms with E-state index in [1.165, 1.54) is 38.9 Å². The number of nitrogens with zero attached hydrogens (tertiary/aromatic N) is 3. The second-order valence-corrected chi connectivity index (χ2v) is 7.60. The summed E-state index contributed by atoms with van der Waals surface area (Å²) in [6.07, 6.45) is 3.29. The second kappa shape index (κ2) is 11.8. The van der Waals surface area contributed by atoms with Crippen LogP contribution in [-0.4, -0.2) is 73.8 Å². The molecule has 0 amide bonds. The van der Waals surface area contributed by atoms with Crippen molar-refractivity contribution in [2.45, 2.75) is 32.3 Å². The first-order chi connectivity index (χ1) is 13.2. The van der Waals surface area contributed by atoms with Crippen molar-refractivity contribution in [1.82, 2.24) is 15.1 Å². The molecule has 1 aromatic carbocycles. The molecule has 158 valence electrons. The van der Waals surface area contributed by atoms with Crippen molar-refractivity contribution < 1.29 is 9.84 Å². The zero-order valence-corrected chi connectivity index (χ0v) is 19.5. The highest BCUT2D eigenvalue weighted by Gasteiger charge is 2.27. The summed E-state index contributed by atoms with van der Waals surface area (Å²) in [6.45, 7) is 9.10. The van der Waals surface area contributed by atoms with Gasteiger partial charge in [-0.15, -0.1) is 24.0 Å². The maximum atomic E-state index is 10.5. The van der Waals surface area contributed by atoms with E-state index in [0.29, 0.717) is 6.54 Å². The van der Waals surface area contributed by atoms with Gasteiger partial charge in [-0.2, -0.15) is 0 Å². The van der Waals surface area contributed by atoms with Crippen molar-refractivity contribution >= 4 is 29.9 Å². The van der Waals surface area contributed by atoms with Crippen LogP contribution in [0.4, 0.5) is 0 Å². The molecule has 0 aromatic heterocycles. The van der Waals surface area contributed by atoms with Crippen LogP contribution in [0.3, 0.4) is 0 Å². The van der Waals surface area contributed by atoms with Gasteiger partial charge in [-0.1, -0.05) is 12.1 Å². The van der Waals surface area contributed by atoms with Gasteiger partial charge >= 0.3 is 0 Å². The maximum absolute atomic E-state index is 10.5. The van der Waals surface area contributed by atoms with E-state index in [1.807, 2.05) is 24.3 Å². The quantitative estimate of drug-likeness (QED) is 0.341. The number of guanidine groups is 1. The first kappa shape index (κ1) is 23.2. The summed E-state index contributed by atoms with van der Waals surface area (Å²) in [6, 6.07) is 7.57. The third-order valence-corrected chi connectivity index (χ3v) is 5.53. The molecule has 0 spiro atoms. The molecule has 2 saturated heterocycles. The Labute approximate surface area is 186 Å². The second-order valence-electron chi connectivity index (χ2n) is 7.60. The highest BCUT2D eigenvalue weighted by atomic mass is 127. The fourth-order valence-corrected chi connectivity index (χ4v) is 4.06. The molecule has 0 bridgehead atoms. The molecular weight excluding hydrogens is 467 g/mol. The summed E-state index contributed by atoms with van der Waals surface area (Å²) in [4.78, 5) is 9.67. The summed E-state index contributed by atoms with van der Waals surface area (Å²) < 4.78 is 5.25. The van der Waals surface area contributed by atoms with Crippen LogP contribution in [0.15, 0.2) is 29.3 Å². The van der Waals surface area contributed by atoms with Crippen molar-refractivity contribution in [3.63, 3.8) is 0 Å². The number of methoxy groups -OCH3 is 1. The number of hydrogen-bond donors (Lipinski definition) is 2. The van der Waals surface area contributed by atoms with Crippen molar-refractivity contribution in [1.29, 1.82) is 0 Å². The summed E-state index contributed by atoms with van der Waals surface area (Å²) in [5.74, 6) is 2.39. The molecule has 2 aliphatic rings. The molecule has 0 saturated carbocycles. The Balaban J connectivity index is 0.00000280. The SMILES string of the molecule is CCNC(=NCC(O)c1cccc(OC)c1)N1CCC(CN2CCCC2)C1.I. The number of aliphatic hydroxyl groups is 1. The van der Waals surface area contributed by atoms with Gasteiger partial charge < -0.3 is 25.0 Å². The third kappa shape index (κ3) is 6.49. The van der Waals surface area contributed by atoms with E-state index in [4.69, 9.17) is 9.73 Å². The standard InChI is InChI=1S/C21H34N4O2.HI/c1-3-22-21(23-14-20(26)18-7-6-8-19(13-18)27-2)25-12-9-17(16-25)15-24-10-4-5-11-24;/h6-8,13,17,20,26H,3-5,9-12,14-16H2,1-2H3,(H,22,23);1H. The van der Waals surface area contributed by atoms with Crippen LogP contribution >= 0.6 is 24.0 Å². The van der Waals surface area contributed by atoms with Gasteiger partial charge in [-0.25, -0.2) is 0 Å². The summed E-state index contributed by atoms with van der Waals surface area (Å²) in [5, 5.41) is 13.9. The highest BCUT2D eigenvalue weighted by Crippen LogP contribution is 2.21. The molecule has 0 aliphatic carbocycles. The van der Waals surface area contributed by atoms with Gasteiger partial charge in [0.2, 0.25) is 0 Å². The minimum atomic E-state index is -0.628. The van der Waals surface area contributed by atoms with E-state index in [0.717, 1.165) is 42.8 Å². The molecule has 3 rings (SSSR count). The Kier molecular flexibility index (Phi) is 9.81. The molecule has 2 fully saturated rings. The van der Waals surface area contributed by atoms with Crippen LogP contribution < -0.4 is 10.1 Å². The minimum absolute atomic E-state index is 0. The Morgan fingerprint density at radius 3 is 2.82 bits per heavy atom. The zero-order chi connectivity index (χ0) is 19.1. The van der Waals surface area contributed by atoms with Crippen molar-refractivity contribution in [2.75, 3.05) is 52.9 Å². The molecule has 6 nitrogen and oxygen atoms in total. The fourth-order valence-electron chi connectivity index (χ4n) is 4.06. The van der Waals surface area contributed by atoms with Gasteiger partial charge in [0.15, 0.2) is 5.96 Å². The number of hydrogen-bond acceptors (Lipinski definition) is 4. The number of ether oxygens (including phenoxy) is 1. The average Bonchev–Trinajstić information content (AvgIpc) is 3.37. The highest BCUT2D eigenvalue weighted by molar-refractivity contribution is 14.0. The first-order valence-corrected chi connectivity index (χ1v) is 10.3. The molecule has 2 aliphatic heterocycles. The Hall–Kier alpha value is -1.06. The predicted molar refractivity (Wildman–Crippen MR) is 125 cm³/mol. The van der Waals surface area contributed by atoms with E-state index >= 15 is 0 Å². The molecule has 2 heterocycles. The normalized spacial score (nSPS) is 21.5. The molecule has 7 heteroatoms. The number of rotatable bonds is 7. The first-order valence-electron chi connectivity index (χ1n) is 10.3. The van der Waals surface area contributed by atoms with Gasteiger partial charge in [0.25, 0.3) is 0 Å². The largest absolute Gasteiger partial charge is 0.497 e. The van der Waals surface area contributed by atoms with Crippen LogP contribution in [0, 0.1) is 5.92 Å². The monoisotopic (exact) mass is 502 g/mol. The minimum Gasteiger partial charge on any atom is -0.497 e. The van der Waals surface area contributed by atoms with Crippen LogP contribution in [0.25, 0.3) is 0 Å². The Bertz CT molecular complexity index is 622. The maximum Gasteiger partial charge on any atom is 0.194 e. The van der Waals surface area contributed by atoms with Gasteiger partial charge in [-0.05, 0) is 62.9 Å². The number of nitrogens with one attached hydrogen (secondary N) is 1. The van der Waals surface area contributed by atoms with E-state index in [2.05, 4.69) is 22.0 Å². The van der Waals surface area contributed by atoms with Crippen LogP contribution in [0.5, 0.6) is 5.75 Å². The molecule has 0 radical (unpaired) electrons. The van der Waals surface area contributed by atoms with E-state index in [-0.39, 0.29) is 24.0 Å². The van der Waals surface area contributed by atoms with Gasteiger partial charge in [0.05, 0.1) is 19.8 Å². The Morgan fingerprint density at radius 2 is 2.11 bits per heavy atom. The van der Waals surface area contributed by atoms with E-state index in [9.17, 15) is 5.11 Å². The predicted octanol–water partition coefficient (Wildman–Crippen LogP) is 2.73. The molecule has 2 atom stereocenters. The fraction of sp³-hybridized carbons (Fsp3) is 0.667. The lowest BCUT2D eigenvalue weighted by Crippen LogP contribution is -2.41. The van der Waals surface area contributed by atoms with Crippen LogP contribution in [0.2, 0.25) is 0 Å². The Morgan fingerprint density at radius 1 is 1.32 bits per heavy atom. The van der Waals surface area contributed by atoms with E-state index < -0.39 is 6.10 Å². The lowest BCUT2D eigenvalue weighted by Gasteiger charge is -2.23. The summed E-state index contributed by atoms with van der Waals surface area (Å²) >= 11 is 0. The molecule has 1 aromatic rings. The van der Waals surface area contributed by atoms with Crippen molar-refractivity contribution in [3.8, 4) is 5.75 Å².